The highest BCUT2D eigenvalue weighted by molar-refractivity contribution is 14.1. The van der Waals surface area contributed by atoms with Crippen molar-refractivity contribution >= 4 is 54.5 Å². The van der Waals surface area contributed by atoms with E-state index in [1.165, 1.54) is 6.07 Å². The lowest BCUT2D eigenvalue weighted by Crippen LogP contribution is -1.96. The lowest BCUT2D eigenvalue weighted by atomic mass is 10.2. The maximum Gasteiger partial charge on any atom is 0.280 e. The largest absolute Gasteiger partial charge is 0.280 e. The van der Waals surface area contributed by atoms with Gasteiger partial charge in [-0.1, -0.05) is 15.9 Å². The van der Waals surface area contributed by atoms with Crippen molar-refractivity contribution in [1.82, 2.24) is 4.98 Å². The van der Waals surface area contributed by atoms with Crippen LogP contribution in [0.2, 0.25) is 0 Å². The molecule has 0 aliphatic heterocycles. The minimum Gasteiger partial charge on any atom is -0.239 e. The van der Waals surface area contributed by atoms with Crippen LogP contribution in [0.4, 0.5) is 8.78 Å². The van der Waals surface area contributed by atoms with Gasteiger partial charge in [-0.25, -0.2) is 13.8 Å². The summed E-state index contributed by atoms with van der Waals surface area (Å²) in [6.07, 6.45) is -2.52. The second-order valence-electron chi connectivity index (χ2n) is 2.25. The van der Waals surface area contributed by atoms with Gasteiger partial charge in [-0.2, -0.15) is 0 Å². The third-order valence-electron chi connectivity index (χ3n) is 1.38. The van der Waals surface area contributed by atoms with Crippen LogP contribution in [0.25, 0.3) is 0 Å². The number of halogens is 5. The monoisotopic (exact) mass is 425 g/mol. The third-order valence-corrected chi connectivity index (χ3v) is 4.50. The zero-order chi connectivity index (χ0) is 10.0. The lowest BCUT2D eigenvalue weighted by Gasteiger charge is -2.06. The molecular weight excluding hydrogens is 423 g/mol. The Morgan fingerprint density at radius 1 is 1.54 bits per heavy atom. The first-order valence-corrected chi connectivity index (χ1v) is 6.24. The highest BCUT2D eigenvalue weighted by Crippen LogP contribution is 2.27. The average molecular weight is 427 g/mol. The molecule has 0 aromatic carbocycles. The minimum absolute atomic E-state index is 0.193. The highest BCUT2D eigenvalue weighted by atomic mass is 127. The van der Waals surface area contributed by atoms with E-state index in [9.17, 15) is 8.78 Å². The second kappa shape index (κ2) is 4.97. The van der Waals surface area contributed by atoms with Gasteiger partial charge in [0.2, 0.25) is 0 Å². The molecule has 0 saturated heterocycles. The van der Waals surface area contributed by atoms with E-state index in [0.29, 0.717) is 9.93 Å². The Morgan fingerprint density at radius 2 is 2.15 bits per heavy atom. The van der Waals surface area contributed by atoms with Gasteiger partial charge in [0.25, 0.3) is 6.43 Å². The molecule has 6 heteroatoms. The van der Waals surface area contributed by atoms with Crippen LogP contribution >= 0.6 is 54.5 Å². The standard InChI is InChI=1S/C7H4Br2F2IN/c8-2-3-1-4(7(10)11)13-6(9)5(3)12/h1,7H,2H2. The van der Waals surface area contributed by atoms with E-state index in [1.807, 2.05) is 0 Å². The first kappa shape index (κ1) is 11.8. The molecule has 1 heterocycles. The van der Waals surface area contributed by atoms with Crippen LogP contribution in [-0.2, 0) is 5.33 Å². The van der Waals surface area contributed by atoms with Gasteiger partial charge in [0.1, 0.15) is 10.3 Å². The predicted molar refractivity (Wildman–Crippen MR) is 62.2 cm³/mol. The Morgan fingerprint density at radius 3 is 2.62 bits per heavy atom. The molecule has 0 bridgehead atoms. The fourth-order valence-corrected chi connectivity index (χ4v) is 2.67. The smallest absolute Gasteiger partial charge is 0.239 e. The molecule has 0 unspecified atom stereocenters. The molecule has 0 fully saturated rings. The number of alkyl halides is 3. The molecular formula is C7H4Br2F2IN. The Kier molecular flexibility index (Phi) is 4.50. The van der Waals surface area contributed by atoms with Crippen LogP contribution in [0.15, 0.2) is 10.7 Å². The Labute approximate surface area is 105 Å². The number of hydrogen-bond acceptors (Lipinski definition) is 1. The zero-order valence-corrected chi connectivity index (χ0v) is 11.5. The summed E-state index contributed by atoms with van der Waals surface area (Å²) in [7, 11) is 0. The van der Waals surface area contributed by atoms with E-state index in [2.05, 4.69) is 59.4 Å². The first-order chi connectivity index (χ1) is 6.06. The van der Waals surface area contributed by atoms with Crippen LogP contribution in [0, 0.1) is 3.57 Å². The molecule has 1 nitrogen and oxygen atoms in total. The van der Waals surface area contributed by atoms with Crippen molar-refractivity contribution in [1.29, 1.82) is 0 Å². The van der Waals surface area contributed by atoms with Gasteiger partial charge in [0.05, 0.1) is 0 Å². The van der Waals surface area contributed by atoms with E-state index in [0.717, 1.165) is 9.13 Å². The van der Waals surface area contributed by atoms with Crippen molar-refractivity contribution < 1.29 is 8.78 Å². The first-order valence-electron chi connectivity index (χ1n) is 3.25. The van der Waals surface area contributed by atoms with Crippen LogP contribution in [-0.4, -0.2) is 4.98 Å². The molecule has 0 amide bonds. The maximum absolute atomic E-state index is 12.3. The van der Waals surface area contributed by atoms with Crippen LogP contribution < -0.4 is 0 Å². The molecule has 0 spiro atoms. The van der Waals surface area contributed by atoms with Gasteiger partial charge < -0.3 is 0 Å². The van der Waals surface area contributed by atoms with Gasteiger partial charge in [0.15, 0.2) is 0 Å². The molecule has 0 atom stereocenters. The molecule has 1 aromatic rings. The average Bonchev–Trinajstić information content (AvgIpc) is 2.09. The van der Waals surface area contributed by atoms with Crippen LogP contribution in [0.5, 0.6) is 0 Å². The topological polar surface area (TPSA) is 12.9 Å². The molecule has 1 aromatic heterocycles. The maximum atomic E-state index is 12.3. The zero-order valence-electron chi connectivity index (χ0n) is 6.20. The molecule has 0 aliphatic carbocycles. The summed E-state index contributed by atoms with van der Waals surface area (Å²) in [6, 6.07) is 1.41. The molecule has 1 rings (SSSR count). The SMILES string of the molecule is FC(F)c1cc(CBr)c(I)c(Br)n1. The van der Waals surface area contributed by atoms with E-state index in [4.69, 9.17) is 0 Å². The quantitative estimate of drug-likeness (QED) is 0.391. The van der Waals surface area contributed by atoms with Gasteiger partial charge in [-0.15, -0.1) is 0 Å². The molecule has 0 N–H and O–H groups in total. The Hall–Kier alpha value is 0.700. The van der Waals surface area contributed by atoms with Crippen molar-refractivity contribution in [2.24, 2.45) is 0 Å². The van der Waals surface area contributed by atoms with Gasteiger partial charge in [-0.05, 0) is 50.2 Å². The summed E-state index contributed by atoms with van der Waals surface area (Å²) >= 11 is 8.42. The Bertz CT molecular complexity index is 320. The van der Waals surface area contributed by atoms with Crippen molar-refractivity contribution in [3.8, 4) is 0 Å². The van der Waals surface area contributed by atoms with E-state index >= 15 is 0 Å². The predicted octanol–water partition coefficient (Wildman–Crippen LogP) is 4.28. The van der Waals surface area contributed by atoms with Gasteiger partial charge in [0, 0.05) is 8.90 Å². The summed E-state index contributed by atoms with van der Waals surface area (Å²) < 4.78 is 25.9. The number of aromatic nitrogens is 1. The van der Waals surface area contributed by atoms with Crippen molar-refractivity contribution in [3.05, 3.63) is 25.5 Å². The van der Waals surface area contributed by atoms with Crippen LogP contribution in [0.1, 0.15) is 17.7 Å². The van der Waals surface area contributed by atoms with Gasteiger partial charge >= 0.3 is 0 Å². The lowest BCUT2D eigenvalue weighted by molar-refractivity contribution is 0.145. The molecule has 0 saturated carbocycles. The van der Waals surface area contributed by atoms with Crippen molar-refractivity contribution in [2.45, 2.75) is 11.8 Å². The fraction of sp³-hybridized carbons (Fsp3) is 0.286. The molecule has 0 radical (unpaired) electrons. The van der Waals surface area contributed by atoms with E-state index < -0.39 is 6.43 Å². The van der Waals surface area contributed by atoms with E-state index in [1.54, 1.807) is 0 Å². The molecule has 72 valence electrons. The van der Waals surface area contributed by atoms with Crippen molar-refractivity contribution in [2.75, 3.05) is 0 Å². The number of nitrogens with zero attached hydrogens (tertiary/aromatic N) is 1. The summed E-state index contributed by atoms with van der Waals surface area (Å²) in [5.74, 6) is 0. The van der Waals surface area contributed by atoms with Gasteiger partial charge in [-0.3, -0.25) is 0 Å². The second-order valence-corrected chi connectivity index (χ2v) is 4.64. The Balaban J connectivity index is 3.22. The molecule has 13 heavy (non-hydrogen) atoms. The number of hydrogen-bond donors (Lipinski definition) is 0. The number of rotatable bonds is 2. The third kappa shape index (κ3) is 2.82. The summed E-state index contributed by atoms with van der Waals surface area (Å²) in [5.41, 5.74) is 0.625. The summed E-state index contributed by atoms with van der Waals surface area (Å²) in [5, 5.41) is 0.548. The van der Waals surface area contributed by atoms with Crippen molar-refractivity contribution in [3.63, 3.8) is 0 Å². The summed E-state index contributed by atoms with van der Waals surface area (Å²) in [6.45, 7) is 0. The normalized spacial score (nSPS) is 10.9. The fourth-order valence-electron chi connectivity index (χ4n) is 0.778. The summed E-state index contributed by atoms with van der Waals surface area (Å²) in [4.78, 5) is 3.72. The molecule has 0 aliphatic rings. The minimum atomic E-state index is -2.52. The van der Waals surface area contributed by atoms with Crippen LogP contribution in [0.3, 0.4) is 0 Å². The highest BCUT2D eigenvalue weighted by Gasteiger charge is 2.13. The van der Waals surface area contributed by atoms with E-state index in [-0.39, 0.29) is 5.69 Å². The number of pyridine rings is 1.